The number of piperidine rings is 2. The van der Waals surface area contributed by atoms with E-state index in [1.165, 1.54) is 10.9 Å². The second-order valence-electron chi connectivity index (χ2n) is 16.9. The molecule has 0 radical (unpaired) electrons. The molecule has 17 nitrogen and oxygen atoms in total. The smallest absolute Gasteiger partial charge is 0.278 e. The average molecular weight is 840 g/mol. The van der Waals surface area contributed by atoms with Gasteiger partial charge in [0.1, 0.15) is 17.0 Å². The standard InChI is InChI=1S/C45H49N11O6/c1-4-18-54-41(59)34-26-46-44(50-39(34)56(54)37-7-5-6-36(48-37)45(2,3)62)47-29-8-10-30(11-9-29)53-23-21-51(22-24-53)27-28-16-19-52(20-17-28)31-12-13-32-33(25-31)43(61)55(42(32)60)35-14-15-38(57)49-40(35)58/h4-13,25-26,28,35,62H,1,14-24,27H2,2-3H3,(H,46,47,50)(H,49,57,58). The van der Waals surface area contributed by atoms with Crippen LogP contribution < -0.4 is 26.0 Å². The molecule has 62 heavy (non-hydrogen) atoms. The van der Waals surface area contributed by atoms with Crippen LogP contribution in [0.2, 0.25) is 0 Å². The zero-order valence-corrected chi connectivity index (χ0v) is 34.8. The molecular weight excluding hydrogens is 791 g/mol. The van der Waals surface area contributed by atoms with Crippen molar-refractivity contribution in [2.24, 2.45) is 5.92 Å². The van der Waals surface area contributed by atoms with E-state index in [4.69, 9.17) is 4.98 Å². The van der Waals surface area contributed by atoms with Crippen LogP contribution in [-0.4, -0.2) is 115 Å². The third-order valence-electron chi connectivity index (χ3n) is 12.3. The van der Waals surface area contributed by atoms with E-state index in [1.807, 2.05) is 18.2 Å². The van der Waals surface area contributed by atoms with E-state index in [0.717, 1.165) is 80.6 Å². The molecule has 4 aliphatic heterocycles. The lowest BCUT2D eigenvalue weighted by atomic mass is 9.95. The number of piperazine rings is 1. The summed E-state index contributed by atoms with van der Waals surface area (Å²) in [6, 6.07) is 17.8. The van der Waals surface area contributed by atoms with Crippen LogP contribution in [0.4, 0.5) is 23.0 Å². The minimum absolute atomic E-state index is 0.0891. The van der Waals surface area contributed by atoms with Crippen molar-refractivity contribution in [1.29, 1.82) is 0 Å². The Morgan fingerprint density at radius 3 is 2.27 bits per heavy atom. The molecule has 17 heteroatoms. The first-order valence-electron chi connectivity index (χ1n) is 21.1. The molecule has 320 valence electrons. The number of hydrogen-bond donors (Lipinski definition) is 3. The van der Waals surface area contributed by atoms with E-state index in [1.54, 1.807) is 54.9 Å². The number of aromatic nitrogens is 5. The van der Waals surface area contributed by atoms with E-state index in [2.05, 4.69) is 54.0 Å². The number of benzene rings is 2. The van der Waals surface area contributed by atoms with Crippen molar-refractivity contribution < 1.29 is 24.3 Å². The van der Waals surface area contributed by atoms with Crippen LogP contribution >= 0.6 is 0 Å². The number of nitrogens with zero attached hydrogens (tertiary/aromatic N) is 9. The maximum atomic E-state index is 13.4. The number of pyridine rings is 1. The molecule has 3 saturated heterocycles. The first-order valence-corrected chi connectivity index (χ1v) is 21.1. The van der Waals surface area contributed by atoms with Gasteiger partial charge in [-0.2, -0.15) is 4.98 Å². The van der Waals surface area contributed by atoms with E-state index < -0.39 is 35.3 Å². The quantitative estimate of drug-likeness (QED) is 0.129. The Bertz CT molecular complexity index is 2650. The highest BCUT2D eigenvalue weighted by Crippen LogP contribution is 2.33. The van der Waals surface area contributed by atoms with E-state index >= 15 is 0 Å². The summed E-state index contributed by atoms with van der Waals surface area (Å²) >= 11 is 0. The second kappa shape index (κ2) is 16.3. The lowest BCUT2D eigenvalue weighted by Crippen LogP contribution is -2.54. The number of rotatable bonds is 11. The van der Waals surface area contributed by atoms with Gasteiger partial charge in [-0.15, -0.1) is 6.58 Å². The summed E-state index contributed by atoms with van der Waals surface area (Å²) in [6.07, 6.45) is 5.40. The fourth-order valence-corrected chi connectivity index (χ4v) is 8.96. The molecule has 4 amide bonds. The van der Waals surface area contributed by atoms with Crippen LogP contribution in [0, 0.1) is 5.92 Å². The number of carbonyl (C=O) groups excluding carboxylic acids is 4. The lowest BCUT2D eigenvalue weighted by molar-refractivity contribution is -0.136. The third-order valence-corrected chi connectivity index (χ3v) is 12.3. The number of anilines is 4. The number of imide groups is 2. The Morgan fingerprint density at radius 2 is 1.56 bits per heavy atom. The molecule has 0 aliphatic carbocycles. The molecule has 5 aromatic rings. The number of aliphatic hydroxyl groups is 1. The maximum Gasteiger partial charge on any atom is 0.278 e. The molecule has 0 bridgehead atoms. The zero-order valence-electron chi connectivity index (χ0n) is 34.8. The summed E-state index contributed by atoms with van der Waals surface area (Å²) in [5, 5.41) is 16.5. The minimum Gasteiger partial charge on any atom is -0.384 e. The highest BCUT2D eigenvalue weighted by molar-refractivity contribution is 6.23. The summed E-state index contributed by atoms with van der Waals surface area (Å²) in [5.74, 6) is -0.665. The fourth-order valence-electron chi connectivity index (χ4n) is 8.96. The molecule has 0 spiro atoms. The molecule has 3 fully saturated rings. The maximum absolute atomic E-state index is 13.4. The number of hydrogen-bond acceptors (Lipinski definition) is 13. The number of fused-ring (bicyclic) bond motifs is 2. The Morgan fingerprint density at radius 1 is 0.855 bits per heavy atom. The summed E-state index contributed by atoms with van der Waals surface area (Å²) in [6.45, 7) is 13.8. The van der Waals surface area contributed by atoms with Gasteiger partial charge in [-0.3, -0.25) is 39.1 Å². The van der Waals surface area contributed by atoms with E-state index in [0.29, 0.717) is 45.5 Å². The molecule has 4 aliphatic rings. The molecule has 1 unspecified atom stereocenters. The van der Waals surface area contributed by atoms with Crippen LogP contribution in [0.15, 0.2) is 84.3 Å². The predicted octanol–water partition coefficient (Wildman–Crippen LogP) is 3.57. The molecule has 3 N–H and O–H groups in total. The van der Waals surface area contributed by atoms with Crippen LogP contribution in [-0.2, 0) is 21.7 Å². The largest absolute Gasteiger partial charge is 0.384 e. The lowest BCUT2D eigenvalue weighted by Gasteiger charge is -2.40. The summed E-state index contributed by atoms with van der Waals surface area (Å²) in [5.41, 5.74) is 2.81. The van der Waals surface area contributed by atoms with Gasteiger partial charge in [0.05, 0.1) is 23.4 Å². The van der Waals surface area contributed by atoms with Crippen LogP contribution in [0.1, 0.15) is 65.9 Å². The SMILES string of the molecule is C=CCn1c(=O)c2cnc(Nc3ccc(N4CCN(CC5CCN(c6ccc7c(c6)C(=O)N(C6CCC(=O)NC6=O)C7=O)CC5)CC4)cc3)nc2n1-c1cccc(C(C)(C)O)n1. The number of amides is 4. The Balaban J connectivity index is 0.783. The summed E-state index contributed by atoms with van der Waals surface area (Å²) in [7, 11) is 0. The fraction of sp³-hybridized carbons (Fsp3) is 0.378. The van der Waals surface area contributed by atoms with Gasteiger partial charge in [-0.1, -0.05) is 12.1 Å². The van der Waals surface area contributed by atoms with Crippen LogP contribution in [0.25, 0.3) is 16.9 Å². The zero-order chi connectivity index (χ0) is 43.3. The first kappa shape index (κ1) is 40.7. The normalized spacial score (nSPS) is 19.0. The van der Waals surface area contributed by atoms with E-state index in [9.17, 15) is 29.1 Å². The number of carbonyl (C=O) groups is 4. The summed E-state index contributed by atoms with van der Waals surface area (Å²) < 4.78 is 3.14. The van der Waals surface area contributed by atoms with Gasteiger partial charge in [-0.25, -0.2) is 19.3 Å². The topological polar surface area (TPSA) is 191 Å². The van der Waals surface area contributed by atoms with Crippen molar-refractivity contribution in [2.45, 2.75) is 57.7 Å². The van der Waals surface area contributed by atoms with Crippen molar-refractivity contribution in [1.82, 2.24) is 39.4 Å². The number of nitrogens with one attached hydrogen (secondary N) is 2. The number of allylic oxidation sites excluding steroid dienone is 1. The van der Waals surface area contributed by atoms with Gasteiger partial charge in [0, 0.05) is 75.5 Å². The molecule has 1 atom stereocenters. The molecule has 7 heterocycles. The van der Waals surface area contributed by atoms with Gasteiger partial charge in [0.15, 0.2) is 11.5 Å². The van der Waals surface area contributed by atoms with E-state index in [-0.39, 0.29) is 24.9 Å². The molecular formula is C45H49N11O6. The van der Waals surface area contributed by atoms with Gasteiger partial charge in [0.25, 0.3) is 17.4 Å². The molecule has 0 saturated carbocycles. The van der Waals surface area contributed by atoms with Crippen LogP contribution in [0.3, 0.4) is 0 Å². The molecule has 9 rings (SSSR count). The van der Waals surface area contributed by atoms with Crippen molar-refractivity contribution in [3.63, 3.8) is 0 Å². The highest BCUT2D eigenvalue weighted by atomic mass is 16.3. The molecule has 3 aromatic heterocycles. The monoisotopic (exact) mass is 839 g/mol. The summed E-state index contributed by atoms with van der Waals surface area (Å²) in [4.78, 5) is 86.1. The van der Waals surface area contributed by atoms with Crippen molar-refractivity contribution in [2.75, 3.05) is 60.9 Å². The van der Waals surface area contributed by atoms with Gasteiger partial charge >= 0.3 is 0 Å². The van der Waals surface area contributed by atoms with Crippen molar-refractivity contribution in [3.05, 3.63) is 107 Å². The van der Waals surface area contributed by atoms with Crippen molar-refractivity contribution in [3.8, 4) is 5.82 Å². The van der Waals surface area contributed by atoms with Crippen molar-refractivity contribution >= 4 is 57.7 Å². The Kier molecular flexibility index (Phi) is 10.7. The Hall–Kier alpha value is -6.72. The Labute approximate surface area is 357 Å². The third kappa shape index (κ3) is 7.73. The average Bonchev–Trinajstić information content (AvgIpc) is 3.68. The van der Waals surface area contributed by atoms with Gasteiger partial charge < -0.3 is 20.2 Å². The van der Waals surface area contributed by atoms with Crippen LogP contribution in [0.5, 0.6) is 0 Å². The minimum atomic E-state index is -1.18. The predicted molar refractivity (Wildman–Crippen MR) is 233 cm³/mol. The van der Waals surface area contributed by atoms with Gasteiger partial charge in [-0.05, 0) is 93.6 Å². The first-order chi connectivity index (χ1) is 29.9. The second-order valence-corrected chi connectivity index (χ2v) is 16.9. The highest BCUT2D eigenvalue weighted by Gasteiger charge is 2.45. The molecule has 2 aromatic carbocycles. The van der Waals surface area contributed by atoms with Gasteiger partial charge in [0.2, 0.25) is 17.8 Å².